The van der Waals surface area contributed by atoms with E-state index in [2.05, 4.69) is 48.4 Å². The highest BCUT2D eigenvalue weighted by Crippen LogP contribution is 2.18. The van der Waals surface area contributed by atoms with Crippen LogP contribution in [0.25, 0.3) is 10.9 Å². The van der Waals surface area contributed by atoms with E-state index < -0.39 is 0 Å². The van der Waals surface area contributed by atoms with Crippen molar-refractivity contribution in [2.45, 2.75) is 39.2 Å². The van der Waals surface area contributed by atoms with E-state index in [-0.39, 0.29) is 11.4 Å². The number of carbonyl (C=O) groups excluding carboxylic acids is 1. The summed E-state index contributed by atoms with van der Waals surface area (Å²) in [6.45, 7) is 7.13. The first-order valence-electron chi connectivity index (χ1n) is 7.70. The Morgan fingerprint density at radius 2 is 2.09 bits per heavy atom. The van der Waals surface area contributed by atoms with Crippen molar-refractivity contribution in [3.8, 4) is 0 Å². The van der Waals surface area contributed by atoms with Crippen LogP contribution in [-0.4, -0.2) is 47.2 Å². The normalized spacial score (nSPS) is 12.1. The van der Waals surface area contributed by atoms with E-state index in [1.807, 2.05) is 25.1 Å². The molecule has 22 heavy (non-hydrogen) atoms. The van der Waals surface area contributed by atoms with E-state index >= 15 is 0 Å². The number of benzene rings is 1. The summed E-state index contributed by atoms with van der Waals surface area (Å²) in [6.07, 6.45) is 2.00. The summed E-state index contributed by atoms with van der Waals surface area (Å²) < 4.78 is 0. The highest BCUT2D eigenvalue weighted by atomic mass is 16.1. The molecule has 1 amide bonds. The Kier molecular flexibility index (Phi) is 4.86. The summed E-state index contributed by atoms with van der Waals surface area (Å²) in [5.41, 5.74) is 2.33. The highest BCUT2D eigenvalue weighted by molar-refractivity contribution is 5.98. The van der Waals surface area contributed by atoms with Crippen molar-refractivity contribution in [3.05, 3.63) is 29.5 Å². The fraction of sp³-hybridized carbons (Fsp3) is 0.529. The van der Waals surface area contributed by atoms with Gasteiger partial charge in [0.1, 0.15) is 0 Å². The molecular weight excluding hydrogens is 276 g/mol. The van der Waals surface area contributed by atoms with Gasteiger partial charge in [0.05, 0.1) is 5.52 Å². The maximum atomic E-state index is 12.5. The zero-order chi connectivity index (χ0) is 16.3. The highest BCUT2D eigenvalue weighted by Gasteiger charge is 2.21. The maximum Gasteiger partial charge on any atom is 0.251 e. The first-order chi connectivity index (χ1) is 10.3. The molecule has 0 bridgehead atoms. The summed E-state index contributed by atoms with van der Waals surface area (Å²) in [4.78, 5) is 14.6. The number of aryl methyl sites for hydroxylation is 1. The van der Waals surface area contributed by atoms with Crippen molar-refractivity contribution < 1.29 is 4.79 Å². The molecule has 0 spiro atoms. The van der Waals surface area contributed by atoms with Crippen LogP contribution in [0.15, 0.2) is 18.2 Å². The topological polar surface area (TPSA) is 61.0 Å². The molecule has 0 atom stereocenters. The van der Waals surface area contributed by atoms with Crippen LogP contribution in [0.5, 0.6) is 0 Å². The van der Waals surface area contributed by atoms with Crippen molar-refractivity contribution >= 4 is 16.8 Å². The first-order valence-corrected chi connectivity index (χ1v) is 7.70. The average molecular weight is 302 g/mol. The van der Waals surface area contributed by atoms with E-state index in [9.17, 15) is 4.79 Å². The molecule has 0 aliphatic carbocycles. The Labute approximate surface area is 132 Å². The molecule has 0 radical (unpaired) electrons. The van der Waals surface area contributed by atoms with Gasteiger partial charge in [0.15, 0.2) is 0 Å². The summed E-state index contributed by atoms with van der Waals surface area (Å²) in [7, 11) is 4.13. The summed E-state index contributed by atoms with van der Waals surface area (Å²) >= 11 is 0. The van der Waals surface area contributed by atoms with E-state index in [1.165, 1.54) is 0 Å². The Balaban J connectivity index is 2.04. The van der Waals surface area contributed by atoms with Gasteiger partial charge >= 0.3 is 0 Å². The molecule has 1 heterocycles. The number of rotatable bonds is 6. The van der Waals surface area contributed by atoms with Crippen LogP contribution in [0.4, 0.5) is 0 Å². The Morgan fingerprint density at radius 3 is 2.77 bits per heavy atom. The van der Waals surface area contributed by atoms with E-state index in [1.54, 1.807) is 0 Å². The van der Waals surface area contributed by atoms with Gasteiger partial charge in [-0.25, -0.2) is 0 Å². The summed E-state index contributed by atoms with van der Waals surface area (Å²) in [5.74, 6) is -0.0302. The fourth-order valence-electron chi connectivity index (χ4n) is 2.56. The molecule has 120 valence electrons. The zero-order valence-electron chi connectivity index (χ0n) is 14.2. The quantitative estimate of drug-likeness (QED) is 0.862. The molecular formula is C17H26N4O. The molecule has 0 saturated carbocycles. The number of nitrogens with one attached hydrogen (secondary N) is 2. The molecule has 0 aliphatic heterocycles. The van der Waals surface area contributed by atoms with Gasteiger partial charge in [-0.05, 0) is 72.5 Å². The third-order valence-corrected chi connectivity index (χ3v) is 3.87. The van der Waals surface area contributed by atoms with Crippen molar-refractivity contribution in [1.29, 1.82) is 0 Å². The third kappa shape index (κ3) is 4.07. The van der Waals surface area contributed by atoms with Crippen molar-refractivity contribution in [2.75, 3.05) is 20.6 Å². The second kappa shape index (κ2) is 6.48. The van der Waals surface area contributed by atoms with Gasteiger partial charge in [-0.3, -0.25) is 9.89 Å². The second-order valence-corrected chi connectivity index (χ2v) is 6.83. The Hall–Kier alpha value is -1.88. The molecule has 2 N–H and O–H groups in total. The van der Waals surface area contributed by atoms with E-state index in [0.717, 1.165) is 36.0 Å². The minimum Gasteiger partial charge on any atom is -0.347 e. The SMILES string of the molecule is Cc1[nH]nc2ccc(C(=O)NC(C)(C)CCCN(C)C)cc12. The predicted octanol–water partition coefficient (Wildman–Crippen LogP) is 2.72. The number of carbonyl (C=O) groups is 1. The van der Waals surface area contributed by atoms with Crippen LogP contribution in [0.3, 0.4) is 0 Å². The van der Waals surface area contributed by atoms with Crippen LogP contribution in [0.1, 0.15) is 42.7 Å². The lowest BCUT2D eigenvalue weighted by Gasteiger charge is -2.27. The zero-order valence-corrected chi connectivity index (χ0v) is 14.2. The molecule has 2 aromatic rings. The molecule has 2 rings (SSSR count). The van der Waals surface area contributed by atoms with Crippen molar-refractivity contribution in [3.63, 3.8) is 0 Å². The van der Waals surface area contributed by atoms with Crippen LogP contribution in [-0.2, 0) is 0 Å². The Bertz CT molecular complexity index is 658. The van der Waals surface area contributed by atoms with Gasteiger partial charge in [0.25, 0.3) is 5.91 Å². The minimum absolute atomic E-state index is 0.0302. The van der Waals surface area contributed by atoms with Crippen LogP contribution >= 0.6 is 0 Å². The van der Waals surface area contributed by atoms with Crippen LogP contribution in [0, 0.1) is 6.92 Å². The number of hydrogen-bond donors (Lipinski definition) is 2. The largest absolute Gasteiger partial charge is 0.347 e. The van der Waals surface area contributed by atoms with E-state index in [0.29, 0.717) is 5.56 Å². The van der Waals surface area contributed by atoms with Crippen molar-refractivity contribution in [2.24, 2.45) is 0 Å². The standard InChI is InChI=1S/C17H26N4O/c1-12-14-11-13(7-8-15(14)20-19-12)16(22)18-17(2,3)9-6-10-21(4)5/h7-8,11H,6,9-10H2,1-5H3,(H,18,22)(H,19,20). The lowest BCUT2D eigenvalue weighted by atomic mass is 9.97. The molecule has 5 heteroatoms. The third-order valence-electron chi connectivity index (χ3n) is 3.87. The number of nitrogens with zero attached hydrogens (tertiary/aromatic N) is 2. The molecule has 0 fully saturated rings. The van der Waals surface area contributed by atoms with Gasteiger partial charge < -0.3 is 10.2 Å². The molecule has 0 unspecified atom stereocenters. The minimum atomic E-state index is -0.215. The van der Waals surface area contributed by atoms with Gasteiger partial charge in [-0.15, -0.1) is 0 Å². The summed E-state index contributed by atoms with van der Waals surface area (Å²) in [6, 6.07) is 5.61. The molecule has 1 aromatic carbocycles. The predicted molar refractivity (Wildman–Crippen MR) is 90.2 cm³/mol. The molecule has 5 nitrogen and oxygen atoms in total. The molecule has 0 saturated heterocycles. The van der Waals surface area contributed by atoms with Crippen LogP contribution in [0.2, 0.25) is 0 Å². The monoisotopic (exact) mass is 302 g/mol. The number of aromatic nitrogens is 2. The smallest absolute Gasteiger partial charge is 0.251 e. The lowest BCUT2D eigenvalue weighted by Crippen LogP contribution is -2.43. The second-order valence-electron chi connectivity index (χ2n) is 6.83. The average Bonchev–Trinajstić information content (AvgIpc) is 2.78. The summed E-state index contributed by atoms with van der Waals surface area (Å²) in [5, 5.41) is 11.3. The van der Waals surface area contributed by atoms with Gasteiger partial charge in [-0.2, -0.15) is 5.10 Å². The van der Waals surface area contributed by atoms with Gasteiger partial charge in [0, 0.05) is 22.2 Å². The number of aromatic amines is 1. The maximum absolute atomic E-state index is 12.5. The first kappa shape index (κ1) is 16.5. The number of hydrogen-bond acceptors (Lipinski definition) is 3. The number of H-pyrrole nitrogens is 1. The lowest BCUT2D eigenvalue weighted by molar-refractivity contribution is 0.0907. The van der Waals surface area contributed by atoms with Crippen molar-refractivity contribution in [1.82, 2.24) is 20.4 Å². The number of fused-ring (bicyclic) bond motifs is 1. The van der Waals surface area contributed by atoms with Gasteiger partial charge in [-0.1, -0.05) is 0 Å². The van der Waals surface area contributed by atoms with Gasteiger partial charge in [0.2, 0.25) is 0 Å². The Morgan fingerprint density at radius 1 is 1.36 bits per heavy atom. The number of amides is 1. The molecule has 1 aromatic heterocycles. The van der Waals surface area contributed by atoms with Crippen LogP contribution < -0.4 is 5.32 Å². The molecule has 0 aliphatic rings. The fourth-order valence-corrected chi connectivity index (χ4v) is 2.56. The van der Waals surface area contributed by atoms with E-state index in [4.69, 9.17) is 0 Å².